The van der Waals surface area contributed by atoms with Crippen molar-refractivity contribution in [1.29, 1.82) is 5.26 Å². The number of nitriles is 1. The summed E-state index contributed by atoms with van der Waals surface area (Å²) in [5, 5.41) is 17.2. The van der Waals surface area contributed by atoms with Gasteiger partial charge >= 0.3 is 0 Å². The number of aryl methyl sites for hydroxylation is 1. The van der Waals surface area contributed by atoms with Crippen molar-refractivity contribution in [2.24, 2.45) is 0 Å². The maximum absolute atomic E-state index is 9.43. The zero-order chi connectivity index (χ0) is 14.9. The highest BCUT2D eigenvalue weighted by atomic mass is 15.3. The Bertz CT molecular complexity index is 853. The molecule has 6 nitrogen and oxygen atoms in total. The second-order valence-corrected chi connectivity index (χ2v) is 5.61. The van der Waals surface area contributed by atoms with Crippen molar-refractivity contribution in [3.05, 3.63) is 53.9 Å². The third-order valence-electron chi connectivity index (χ3n) is 4.26. The van der Waals surface area contributed by atoms with E-state index in [2.05, 4.69) is 21.5 Å². The molecule has 110 valence electrons. The monoisotopic (exact) mass is 292 g/mol. The second kappa shape index (κ2) is 5.28. The maximum atomic E-state index is 9.43. The van der Waals surface area contributed by atoms with E-state index >= 15 is 0 Å². The molecule has 0 amide bonds. The predicted molar refractivity (Wildman–Crippen MR) is 81.1 cm³/mol. The molecule has 1 atom stereocenters. The van der Waals surface area contributed by atoms with E-state index in [1.165, 1.54) is 0 Å². The van der Waals surface area contributed by atoms with Crippen molar-refractivity contribution in [2.45, 2.75) is 32.0 Å². The highest BCUT2D eigenvalue weighted by molar-refractivity contribution is 5.65. The quantitative estimate of drug-likeness (QED) is 0.794. The Morgan fingerprint density at radius 1 is 1.41 bits per heavy atom. The molecule has 6 heteroatoms. The van der Waals surface area contributed by atoms with Crippen molar-refractivity contribution in [1.82, 2.24) is 24.5 Å². The summed E-state index contributed by atoms with van der Waals surface area (Å²) >= 11 is 0. The Balaban J connectivity index is 1.52. The van der Waals surface area contributed by atoms with Gasteiger partial charge in [-0.3, -0.25) is 0 Å². The number of pyridine rings is 1. The molecule has 0 spiro atoms. The van der Waals surface area contributed by atoms with Gasteiger partial charge in [0.25, 0.3) is 0 Å². The summed E-state index contributed by atoms with van der Waals surface area (Å²) in [5.74, 6) is 1.06. The molecular weight excluding hydrogens is 276 g/mol. The summed E-state index contributed by atoms with van der Waals surface area (Å²) in [6.07, 6.45) is 7.62. The molecule has 1 aliphatic rings. The van der Waals surface area contributed by atoms with Crippen LogP contribution in [0.5, 0.6) is 0 Å². The van der Waals surface area contributed by atoms with Gasteiger partial charge in [0.05, 0.1) is 17.6 Å². The fourth-order valence-corrected chi connectivity index (χ4v) is 3.10. The topological polar surface area (TPSA) is 70.9 Å². The fraction of sp³-hybridized carbons (Fsp3) is 0.312. The molecule has 0 fully saturated rings. The Morgan fingerprint density at radius 2 is 2.36 bits per heavy atom. The van der Waals surface area contributed by atoms with Crippen LogP contribution in [0.3, 0.4) is 0 Å². The molecule has 0 saturated carbocycles. The minimum atomic E-state index is 0.365. The van der Waals surface area contributed by atoms with Crippen LogP contribution >= 0.6 is 0 Å². The number of rotatable bonds is 3. The van der Waals surface area contributed by atoms with Gasteiger partial charge in [-0.1, -0.05) is 6.07 Å². The van der Waals surface area contributed by atoms with E-state index in [0.717, 1.165) is 41.9 Å². The van der Waals surface area contributed by atoms with Gasteiger partial charge in [-0.2, -0.15) is 10.4 Å². The Morgan fingerprint density at radius 3 is 3.27 bits per heavy atom. The van der Waals surface area contributed by atoms with E-state index in [9.17, 15) is 5.26 Å². The van der Waals surface area contributed by atoms with Gasteiger partial charge in [-0.05, 0) is 18.6 Å². The van der Waals surface area contributed by atoms with Gasteiger partial charge in [-0.15, -0.1) is 0 Å². The molecule has 22 heavy (non-hydrogen) atoms. The number of nitrogens with zero attached hydrogens (tertiary/aromatic N) is 5. The molecule has 1 N–H and O–H groups in total. The number of aromatic nitrogens is 4. The van der Waals surface area contributed by atoms with E-state index in [1.807, 2.05) is 39.7 Å². The summed E-state index contributed by atoms with van der Waals surface area (Å²) in [5.41, 5.74) is 2.76. The summed E-state index contributed by atoms with van der Waals surface area (Å²) in [6.45, 7) is 1.53. The Labute approximate surface area is 128 Å². The summed E-state index contributed by atoms with van der Waals surface area (Å²) in [7, 11) is 0. The van der Waals surface area contributed by atoms with Crippen LogP contribution in [-0.4, -0.2) is 25.2 Å². The standard InChI is InChI=1S/C16H16N6/c17-7-14-12(9-21-6-2-1-3-15(14)21)8-18-13-4-5-16-19-11-20-22(16)10-13/h1-3,6,9,11,13,18H,4-5,8,10H2. The van der Waals surface area contributed by atoms with Crippen molar-refractivity contribution < 1.29 is 0 Å². The SMILES string of the molecule is N#Cc1c(CNC2CCc3ncnn3C2)cn2ccccc12. The average Bonchev–Trinajstić information content (AvgIpc) is 3.15. The van der Waals surface area contributed by atoms with Crippen LogP contribution in [-0.2, 0) is 19.5 Å². The summed E-state index contributed by atoms with van der Waals surface area (Å²) < 4.78 is 3.97. The highest BCUT2D eigenvalue weighted by Gasteiger charge is 2.20. The van der Waals surface area contributed by atoms with Crippen molar-refractivity contribution in [3.63, 3.8) is 0 Å². The van der Waals surface area contributed by atoms with Gasteiger partial charge in [-0.25, -0.2) is 9.67 Å². The first-order chi connectivity index (χ1) is 10.8. The first-order valence-electron chi connectivity index (χ1n) is 7.44. The van der Waals surface area contributed by atoms with Crippen LogP contribution < -0.4 is 5.32 Å². The third-order valence-corrected chi connectivity index (χ3v) is 4.26. The molecule has 1 unspecified atom stereocenters. The maximum Gasteiger partial charge on any atom is 0.138 e. The predicted octanol–water partition coefficient (Wildman–Crippen LogP) is 1.51. The zero-order valence-electron chi connectivity index (χ0n) is 12.1. The van der Waals surface area contributed by atoms with Crippen molar-refractivity contribution in [2.75, 3.05) is 0 Å². The minimum Gasteiger partial charge on any atom is -0.322 e. The van der Waals surface area contributed by atoms with Crippen LogP contribution in [0.4, 0.5) is 0 Å². The first-order valence-corrected chi connectivity index (χ1v) is 7.44. The van der Waals surface area contributed by atoms with Crippen LogP contribution in [0, 0.1) is 11.3 Å². The van der Waals surface area contributed by atoms with E-state index in [1.54, 1.807) is 6.33 Å². The fourth-order valence-electron chi connectivity index (χ4n) is 3.10. The Hall–Kier alpha value is -2.65. The molecule has 3 aromatic rings. The number of fused-ring (bicyclic) bond motifs is 2. The van der Waals surface area contributed by atoms with Crippen molar-refractivity contribution >= 4 is 5.52 Å². The molecule has 3 aromatic heterocycles. The summed E-state index contributed by atoms with van der Waals surface area (Å²) in [4.78, 5) is 4.24. The first kappa shape index (κ1) is 13.0. The molecule has 4 heterocycles. The van der Waals surface area contributed by atoms with Crippen LogP contribution in [0.2, 0.25) is 0 Å². The molecule has 0 radical (unpaired) electrons. The van der Waals surface area contributed by atoms with Gasteiger partial charge in [0.2, 0.25) is 0 Å². The van der Waals surface area contributed by atoms with E-state index in [0.29, 0.717) is 12.6 Å². The highest BCUT2D eigenvalue weighted by Crippen LogP contribution is 2.18. The average molecular weight is 292 g/mol. The lowest BCUT2D eigenvalue weighted by atomic mass is 10.1. The number of hydrogen-bond acceptors (Lipinski definition) is 4. The molecule has 0 aliphatic carbocycles. The van der Waals surface area contributed by atoms with Crippen molar-refractivity contribution in [3.8, 4) is 6.07 Å². The molecular formula is C16H16N6. The molecule has 0 saturated heterocycles. The molecule has 0 aromatic carbocycles. The lowest BCUT2D eigenvalue weighted by Crippen LogP contribution is -2.37. The normalized spacial score (nSPS) is 17.3. The lowest BCUT2D eigenvalue weighted by molar-refractivity contribution is 0.358. The molecule has 4 rings (SSSR count). The van der Waals surface area contributed by atoms with E-state index in [4.69, 9.17) is 0 Å². The van der Waals surface area contributed by atoms with Crippen LogP contribution in [0.15, 0.2) is 36.9 Å². The number of nitrogens with one attached hydrogen (secondary N) is 1. The molecule has 1 aliphatic heterocycles. The van der Waals surface area contributed by atoms with Gasteiger partial charge in [0.15, 0.2) is 0 Å². The minimum absolute atomic E-state index is 0.365. The third kappa shape index (κ3) is 2.16. The largest absolute Gasteiger partial charge is 0.322 e. The van der Waals surface area contributed by atoms with Gasteiger partial charge < -0.3 is 9.72 Å². The van der Waals surface area contributed by atoms with Gasteiger partial charge in [0.1, 0.15) is 18.2 Å². The second-order valence-electron chi connectivity index (χ2n) is 5.61. The summed E-state index contributed by atoms with van der Waals surface area (Å²) in [6, 6.07) is 8.60. The smallest absolute Gasteiger partial charge is 0.138 e. The lowest BCUT2D eigenvalue weighted by Gasteiger charge is -2.23. The van der Waals surface area contributed by atoms with E-state index < -0.39 is 0 Å². The van der Waals surface area contributed by atoms with Crippen LogP contribution in [0.25, 0.3) is 5.52 Å². The van der Waals surface area contributed by atoms with E-state index in [-0.39, 0.29) is 0 Å². The van der Waals surface area contributed by atoms with Gasteiger partial charge in [0, 0.05) is 37.0 Å². The Kier molecular flexibility index (Phi) is 3.13. The molecule has 0 bridgehead atoms. The van der Waals surface area contributed by atoms with Crippen LogP contribution in [0.1, 0.15) is 23.4 Å². The number of hydrogen-bond donors (Lipinski definition) is 1. The zero-order valence-corrected chi connectivity index (χ0v) is 12.1.